The normalized spacial score (nSPS) is 21.6. The summed E-state index contributed by atoms with van der Waals surface area (Å²) in [5.41, 5.74) is 0.104. The van der Waals surface area contributed by atoms with Gasteiger partial charge in [-0.3, -0.25) is 4.98 Å². The number of hydrogen-bond donors (Lipinski definition) is 1. The molecule has 0 aliphatic heterocycles. The van der Waals surface area contributed by atoms with Gasteiger partial charge < -0.3 is 13.3 Å². The van der Waals surface area contributed by atoms with Crippen LogP contribution in [-0.2, 0) is 13.3 Å². The summed E-state index contributed by atoms with van der Waals surface area (Å²) in [6.07, 6.45) is 6.20. The Morgan fingerprint density at radius 2 is 1.40 bits per heavy atom. The summed E-state index contributed by atoms with van der Waals surface area (Å²) in [6.45, 7) is 2.23. The van der Waals surface area contributed by atoms with Crippen molar-refractivity contribution in [1.29, 1.82) is 0 Å². The molecule has 1 rings (SSSR count). The highest BCUT2D eigenvalue weighted by Gasteiger charge is 2.45. The van der Waals surface area contributed by atoms with E-state index in [1.165, 1.54) is 19.3 Å². The minimum absolute atomic E-state index is 0.104. The Kier molecular flexibility index (Phi) is 4.73. The Morgan fingerprint density at radius 1 is 0.933 bits per heavy atom. The van der Waals surface area contributed by atoms with E-state index in [0.717, 1.165) is 12.8 Å². The van der Waals surface area contributed by atoms with Crippen LogP contribution in [0.3, 0.4) is 0 Å². The van der Waals surface area contributed by atoms with E-state index in [9.17, 15) is 0 Å². The van der Waals surface area contributed by atoms with Gasteiger partial charge in [0.2, 0.25) is 0 Å². The minimum atomic E-state index is -2.63. The van der Waals surface area contributed by atoms with Gasteiger partial charge in [0.05, 0.1) is 0 Å². The van der Waals surface area contributed by atoms with E-state index in [1.54, 1.807) is 21.3 Å². The lowest BCUT2D eigenvalue weighted by Crippen LogP contribution is -2.65. The van der Waals surface area contributed by atoms with Crippen LogP contribution in [0.2, 0.25) is 0 Å². The zero-order valence-electron chi connectivity index (χ0n) is 10.3. The van der Waals surface area contributed by atoms with Crippen molar-refractivity contribution in [3.8, 4) is 0 Å². The quantitative estimate of drug-likeness (QED) is 0.733. The summed E-state index contributed by atoms with van der Waals surface area (Å²) in [5.74, 6) is 0. The molecule has 1 aliphatic rings. The van der Waals surface area contributed by atoms with Crippen LogP contribution >= 0.6 is 0 Å². The monoisotopic (exact) mass is 233 g/mol. The van der Waals surface area contributed by atoms with Crippen molar-refractivity contribution in [3.05, 3.63) is 0 Å². The van der Waals surface area contributed by atoms with Crippen molar-refractivity contribution >= 4 is 8.97 Å². The van der Waals surface area contributed by atoms with E-state index in [0.29, 0.717) is 0 Å². The average Bonchev–Trinajstić information content (AvgIpc) is 2.27. The van der Waals surface area contributed by atoms with Crippen molar-refractivity contribution in [2.45, 2.75) is 44.6 Å². The van der Waals surface area contributed by atoms with Crippen LogP contribution in [0.25, 0.3) is 0 Å². The van der Waals surface area contributed by atoms with Crippen molar-refractivity contribution in [3.63, 3.8) is 0 Å². The maximum atomic E-state index is 5.39. The maximum Gasteiger partial charge on any atom is 0.596 e. The smallest absolute Gasteiger partial charge is 0.364 e. The molecule has 0 aromatic rings. The summed E-state index contributed by atoms with van der Waals surface area (Å²) < 4.78 is 16.2. The minimum Gasteiger partial charge on any atom is -0.364 e. The van der Waals surface area contributed by atoms with E-state index in [-0.39, 0.29) is 5.54 Å². The maximum absolute atomic E-state index is 5.39. The van der Waals surface area contributed by atoms with Gasteiger partial charge in [0.1, 0.15) is 0 Å². The first kappa shape index (κ1) is 13.1. The van der Waals surface area contributed by atoms with Crippen LogP contribution in [-0.4, -0.2) is 35.8 Å². The van der Waals surface area contributed by atoms with Crippen LogP contribution in [0.5, 0.6) is 0 Å². The van der Waals surface area contributed by atoms with E-state index < -0.39 is 8.97 Å². The topological polar surface area (TPSA) is 39.7 Å². The molecule has 0 amide bonds. The largest absolute Gasteiger partial charge is 0.596 e. The second-order valence-electron chi connectivity index (χ2n) is 4.41. The Bertz CT molecular complexity index is 183. The lowest BCUT2D eigenvalue weighted by Gasteiger charge is -2.39. The number of nitrogens with one attached hydrogen (secondary N) is 1. The first-order valence-electron chi connectivity index (χ1n) is 5.54. The molecule has 0 aromatic carbocycles. The lowest BCUT2D eigenvalue weighted by molar-refractivity contribution is 0.0891. The summed E-state index contributed by atoms with van der Waals surface area (Å²) in [5, 5.41) is 0. The summed E-state index contributed by atoms with van der Waals surface area (Å²) in [7, 11) is 2.28. The fourth-order valence-electron chi connectivity index (χ4n) is 2.23. The highest BCUT2D eigenvalue weighted by Crippen LogP contribution is 2.29. The fraction of sp³-hybridized carbons (Fsp3) is 1.00. The molecule has 90 valence electrons. The van der Waals surface area contributed by atoms with Crippen LogP contribution in [0, 0.1) is 0 Å². The van der Waals surface area contributed by atoms with Crippen LogP contribution in [0.15, 0.2) is 0 Å². The molecule has 0 saturated heterocycles. The molecule has 0 unspecified atom stereocenters. The molecule has 0 bridgehead atoms. The van der Waals surface area contributed by atoms with Crippen molar-refractivity contribution in [2.24, 2.45) is 0 Å². The second kappa shape index (κ2) is 5.40. The molecule has 5 heteroatoms. The Labute approximate surface area is 93.7 Å². The summed E-state index contributed by atoms with van der Waals surface area (Å²) in [6, 6.07) is 0. The predicted octanol–water partition coefficient (Wildman–Crippen LogP) is 1.67. The van der Waals surface area contributed by atoms with Gasteiger partial charge in [-0.25, -0.2) is 0 Å². The van der Waals surface area contributed by atoms with Crippen LogP contribution in [0.1, 0.15) is 39.0 Å². The third-order valence-electron chi connectivity index (χ3n) is 3.22. The van der Waals surface area contributed by atoms with E-state index >= 15 is 0 Å². The van der Waals surface area contributed by atoms with Gasteiger partial charge in [0.15, 0.2) is 0 Å². The van der Waals surface area contributed by atoms with E-state index in [2.05, 4.69) is 11.9 Å². The van der Waals surface area contributed by atoms with E-state index in [4.69, 9.17) is 13.3 Å². The Morgan fingerprint density at radius 3 is 1.80 bits per heavy atom. The van der Waals surface area contributed by atoms with Crippen molar-refractivity contribution in [2.75, 3.05) is 21.3 Å². The molecule has 1 fully saturated rings. The van der Waals surface area contributed by atoms with Gasteiger partial charge in [0.25, 0.3) is 0 Å². The van der Waals surface area contributed by atoms with Gasteiger partial charge in [-0.05, 0) is 19.8 Å². The molecule has 0 heterocycles. The molecule has 1 saturated carbocycles. The van der Waals surface area contributed by atoms with Gasteiger partial charge in [-0.15, -0.1) is 0 Å². The standard InChI is InChI=1S/C10H23NO3Si/c1-10(8-6-5-7-9-10)11-15(12-2,13-3)14-4/h11H,5-9H2,1-4H3. The molecule has 0 aromatic heterocycles. The first-order valence-corrected chi connectivity index (χ1v) is 7.27. The molecule has 0 radical (unpaired) electrons. The van der Waals surface area contributed by atoms with E-state index in [1.807, 2.05) is 0 Å². The Balaban J connectivity index is 2.63. The van der Waals surface area contributed by atoms with Gasteiger partial charge >= 0.3 is 8.97 Å². The molecule has 15 heavy (non-hydrogen) atoms. The van der Waals surface area contributed by atoms with Crippen LogP contribution < -0.4 is 4.98 Å². The Hall–Kier alpha value is 0.0569. The number of hydrogen-bond acceptors (Lipinski definition) is 4. The van der Waals surface area contributed by atoms with Crippen LogP contribution in [0.4, 0.5) is 0 Å². The molecular formula is C10H23NO3Si. The molecule has 4 nitrogen and oxygen atoms in total. The molecule has 1 N–H and O–H groups in total. The van der Waals surface area contributed by atoms with Gasteiger partial charge in [-0.2, -0.15) is 0 Å². The second-order valence-corrected chi connectivity index (χ2v) is 7.00. The summed E-state index contributed by atoms with van der Waals surface area (Å²) >= 11 is 0. The highest BCUT2D eigenvalue weighted by molar-refractivity contribution is 6.57. The predicted molar refractivity (Wildman–Crippen MR) is 61.4 cm³/mol. The molecular weight excluding hydrogens is 210 g/mol. The third kappa shape index (κ3) is 3.25. The van der Waals surface area contributed by atoms with Gasteiger partial charge in [0, 0.05) is 26.9 Å². The lowest BCUT2D eigenvalue weighted by atomic mass is 9.84. The fourth-order valence-corrected chi connectivity index (χ4v) is 4.03. The highest BCUT2D eigenvalue weighted by atomic mass is 28.4. The van der Waals surface area contributed by atoms with Crippen molar-refractivity contribution in [1.82, 2.24) is 4.98 Å². The third-order valence-corrected chi connectivity index (χ3v) is 5.74. The molecule has 0 atom stereocenters. The SMILES string of the molecule is CO[Si](NC1(C)CCCCC1)(OC)OC. The zero-order valence-corrected chi connectivity index (χ0v) is 11.3. The zero-order chi connectivity index (χ0) is 11.4. The van der Waals surface area contributed by atoms with Crippen molar-refractivity contribution < 1.29 is 13.3 Å². The summed E-state index contributed by atoms with van der Waals surface area (Å²) in [4.78, 5) is 3.47. The number of rotatable bonds is 5. The molecule has 0 spiro atoms. The first-order chi connectivity index (χ1) is 7.10. The molecule has 1 aliphatic carbocycles. The van der Waals surface area contributed by atoms with Gasteiger partial charge in [-0.1, -0.05) is 19.3 Å². The average molecular weight is 233 g/mol.